The number of aromatic nitrogens is 2. The van der Waals surface area contributed by atoms with Crippen molar-refractivity contribution < 1.29 is 9.90 Å². The van der Waals surface area contributed by atoms with Crippen LogP contribution in [-0.4, -0.2) is 45.9 Å². The molecular formula is C15H17Cl2N3O2S. The molecule has 3 N–H and O–H groups in total. The molecule has 0 aliphatic carbocycles. The Bertz CT molecular complexity index is 678. The summed E-state index contributed by atoms with van der Waals surface area (Å²) in [4.78, 5) is 12.2. The monoisotopic (exact) mass is 373 g/mol. The molecule has 2 rings (SSSR count). The number of nitrogens with one attached hydrogen (secondary N) is 2. The van der Waals surface area contributed by atoms with Gasteiger partial charge in [0.2, 0.25) is 0 Å². The Morgan fingerprint density at radius 3 is 2.91 bits per heavy atom. The van der Waals surface area contributed by atoms with E-state index in [0.29, 0.717) is 33.4 Å². The number of aliphatic hydroxyl groups is 1. The zero-order valence-corrected chi connectivity index (χ0v) is 14.8. The fourth-order valence-electron chi connectivity index (χ4n) is 2.00. The van der Waals surface area contributed by atoms with Gasteiger partial charge in [-0.05, 0) is 42.7 Å². The maximum absolute atomic E-state index is 12.2. The van der Waals surface area contributed by atoms with Gasteiger partial charge in [0.15, 0.2) is 0 Å². The van der Waals surface area contributed by atoms with Crippen molar-refractivity contribution in [3.05, 3.63) is 40.0 Å². The molecule has 0 aliphatic heterocycles. The number of carbonyl (C=O) groups is 1. The summed E-state index contributed by atoms with van der Waals surface area (Å²) < 4.78 is 0. The minimum Gasteiger partial charge on any atom is -0.394 e. The molecule has 1 unspecified atom stereocenters. The van der Waals surface area contributed by atoms with Gasteiger partial charge in [-0.15, -0.1) is 0 Å². The van der Waals surface area contributed by atoms with Gasteiger partial charge in [-0.3, -0.25) is 9.89 Å². The van der Waals surface area contributed by atoms with Gasteiger partial charge in [0.25, 0.3) is 5.91 Å². The molecule has 0 saturated carbocycles. The molecule has 0 spiro atoms. The molecule has 8 heteroatoms. The molecule has 1 aromatic heterocycles. The van der Waals surface area contributed by atoms with Crippen LogP contribution in [0, 0.1) is 0 Å². The van der Waals surface area contributed by atoms with Crippen molar-refractivity contribution in [1.29, 1.82) is 0 Å². The van der Waals surface area contributed by atoms with Crippen molar-refractivity contribution in [1.82, 2.24) is 15.5 Å². The third-order valence-electron chi connectivity index (χ3n) is 3.25. The number of halogens is 2. The Morgan fingerprint density at radius 1 is 1.43 bits per heavy atom. The highest BCUT2D eigenvalue weighted by Crippen LogP contribution is 2.29. The van der Waals surface area contributed by atoms with Gasteiger partial charge >= 0.3 is 0 Å². The van der Waals surface area contributed by atoms with Gasteiger partial charge in [0.1, 0.15) is 5.69 Å². The number of hydrogen-bond acceptors (Lipinski definition) is 4. The summed E-state index contributed by atoms with van der Waals surface area (Å²) in [6.45, 7) is -0.104. The Morgan fingerprint density at radius 2 is 2.22 bits per heavy atom. The van der Waals surface area contributed by atoms with E-state index in [1.807, 2.05) is 6.26 Å². The summed E-state index contributed by atoms with van der Waals surface area (Å²) >= 11 is 13.8. The Hall–Kier alpha value is -1.21. The molecule has 1 atom stereocenters. The Kier molecular flexibility index (Phi) is 6.77. The highest BCUT2D eigenvalue weighted by molar-refractivity contribution is 7.98. The van der Waals surface area contributed by atoms with Crippen molar-refractivity contribution in [2.24, 2.45) is 0 Å². The van der Waals surface area contributed by atoms with Gasteiger partial charge in [0.05, 0.1) is 23.4 Å². The number of nitrogens with zero attached hydrogens (tertiary/aromatic N) is 1. The van der Waals surface area contributed by atoms with Crippen molar-refractivity contribution in [2.45, 2.75) is 12.5 Å². The third-order valence-corrected chi connectivity index (χ3v) is 4.46. The largest absolute Gasteiger partial charge is 0.394 e. The van der Waals surface area contributed by atoms with E-state index in [1.54, 1.807) is 36.0 Å². The van der Waals surface area contributed by atoms with E-state index in [-0.39, 0.29) is 18.6 Å². The van der Waals surface area contributed by atoms with Crippen LogP contribution in [0.1, 0.15) is 16.9 Å². The zero-order chi connectivity index (χ0) is 16.8. The summed E-state index contributed by atoms with van der Waals surface area (Å²) in [5.74, 6) is 0.541. The number of amides is 1. The molecule has 124 valence electrons. The van der Waals surface area contributed by atoms with Crippen molar-refractivity contribution in [3.63, 3.8) is 0 Å². The Labute approximate surface area is 148 Å². The van der Waals surface area contributed by atoms with Crippen molar-refractivity contribution in [2.75, 3.05) is 18.6 Å². The highest BCUT2D eigenvalue weighted by Gasteiger charge is 2.16. The minimum atomic E-state index is -0.318. The standard InChI is InChI=1S/C15H17Cl2N3O2S/c1-23-5-4-10(8-21)18-15(22)14-7-13(19-20-14)11-6-9(16)2-3-12(11)17/h2-3,6-7,10,21H,4-5,8H2,1H3,(H,18,22)(H,19,20). The highest BCUT2D eigenvalue weighted by atomic mass is 35.5. The summed E-state index contributed by atoms with van der Waals surface area (Å²) in [6, 6.07) is 6.38. The van der Waals surface area contributed by atoms with Crippen LogP contribution in [0.4, 0.5) is 0 Å². The topological polar surface area (TPSA) is 78.0 Å². The van der Waals surface area contributed by atoms with Gasteiger partial charge in [-0.25, -0.2) is 0 Å². The maximum Gasteiger partial charge on any atom is 0.269 e. The van der Waals surface area contributed by atoms with Crippen LogP contribution in [0.25, 0.3) is 11.3 Å². The lowest BCUT2D eigenvalue weighted by Gasteiger charge is -2.14. The van der Waals surface area contributed by atoms with Crippen LogP contribution in [0.3, 0.4) is 0 Å². The quantitative estimate of drug-likeness (QED) is 0.695. The summed E-state index contributed by atoms with van der Waals surface area (Å²) in [6.07, 6.45) is 2.68. The van der Waals surface area contributed by atoms with E-state index in [9.17, 15) is 9.90 Å². The fourth-order valence-corrected chi connectivity index (χ4v) is 2.91. The van der Waals surface area contributed by atoms with Gasteiger partial charge in [0, 0.05) is 10.6 Å². The molecule has 0 saturated heterocycles. The van der Waals surface area contributed by atoms with Crippen LogP contribution in [0.15, 0.2) is 24.3 Å². The van der Waals surface area contributed by atoms with Crippen LogP contribution >= 0.6 is 35.0 Å². The second-order valence-corrected chi connectivity index (χ2v) is 6.75. The number of aromatic amines is 1. The second kappa shape index (κ2) is 8.59. The lowest BCUT2D eigenvalue weighted by Crippen LogP contribution is -2.38. The van der Waals surface area contributed by atoms with Gasteiger partial charge in [-0.2, -0.15) is 16.9 Å². The third kappa shape index (κ3) is 4.88. The molecule has 5 nitrogen and oxygen atoms in total. The van der Waals surface area contributed by atoms with Crippen LogP contribution < -0.4 is 5.32 Å². The van der Waals surface area contributed by atoms with Crippen LogP contribution in [-0.2, 0) is 0 Å². The molecule has 1 aromatic carbocycles. The van der Waals surface area contributed by atoms with E-state index in [2.05, 4.69) is 15.5 Å². The van der Waals surface area contributed by atoms with E-state index >= 15 is 0 Å². The molecular weight excluding hydrogens is 357 g/mol. The normalized spacial score (nSPS) is 12.2. The van der Waals surface area contributed by atoms with Crippen LogP contribution in [0.2, 0.25) is 10.0 Å². The van der Waals surface area contributed by atoms with Crippen LogP contribution in [0.5, 0.6) is 0 Å². The molecule has 23 heavy (non-hydrogen) atoms. The smallest absolute Gasteiger partial charge is 0.269 e. The predicted octanol–water partition coefficient (Wildman–Crippen LogP) is 3.23. The Balaban J connectivity index is 2.12. The lowest BCUT2D eigenvalue weighted by atomic mass is 10.1. The lowest BCUT2D eigenvalue weighted by molar-refractivity contribution is 0.0910. The SMILES string of the molecule is CSCCC(CO)NC(=O)c1cc(-c2cc(Cl)ccc2Cl)n[nH]1. The number of rotatable bonds is 7. The molecule has 1 heterocycles. The number of aliphatic hydroxyl groups excluding tert-OH is 1. The fraction of sp³-hybridized carbons (Fsp3) is 0.333. The number of hydrogen-bond donors (Lipinski definition) is 3. The first kappa shape index (κ1) is 18.1. The average molecular weight is 374 g/mol. The molecule has 0 radical (unpaired) electrons. The predicted molar refractivity (Wildman–Crippen MR) is 95.4 cm³/mol. The molecule has 0 fully saturated rings. The van der Waals surface area contributed by atoms with E-state index in [4.69, 9.17) is 23.2 Å². The number of carbonyl (C=O) groups excluding carboxylic acids is 1. The van der Waals surface area contributed by atoms with E-state index < -0.39 is 0 Å². The second-order valence-electron chi connectivity index (χ2n) is 4.93. The first-order valence-corrected chi connectivity index (χ1v) is 9.11. The molecule has 2 aromatic rings. The molecule has 0 aliphatic rings. The average Bonchev–Trinajstić information content (AvgIpc) is 3.03. The summed E-state index contributed by atoms with van der Waals surface area (Å²) in [5, 5.41) is 19.9. The van der Waals surface area contributed by atoms with Gasteiger partial charge < -0.3 is 10.4 Å². The summed E-state index contributed by atoms with van der Waals surface area (Å²) in [5.41, 5.74) is 1.49. The van der Waals surface area contributed by atoms with Crippen molar-refractivity contribution >= 4 is 40.9 Å². The van der Waals surface area contributed by atoms with E-state index in [0.717, 1.165) is 5.75 Å². The number of benzene rings is 1. The van der Waals surface area contributed by atoms with Gasteiger partial charge in [-0.1, -0.05) is 23.2 Å². The maximum atomic E-state index is 12.2. The first-order chi connectivity index (χ1) is 11.0. The minimum absolute atomic E-state index is 0.104. The number of H-pyrrole nitrogens is 1. The first-order valence-electron chi connectivity index (χ1n) is 6.96. The number of thioether (sulfide) groups is 1. The molecule has 1 amide bonds. The van der Waals surface area contributed by atoms with Crippen molar-refractivity contribution in [3.8, 4) is 11.3 Å². The molecule has 0 bridgehead atoms. The zero-order valence-electron chi connectivity index (χ0n) is 12.5. The summed E-state index contributed by atoms with van der Waals surface area (Å²) in [7, 11) is 0. The van der Waals surface area contributed by atoms with E-state index in [1.165, 1.54) is 0 Å².